The molecule has 1 N–H and O–H groups in total. The number of aliphatic hydroxyl groups excluding tert-OH is 1. The summed E-state index contributed by atoms with van der Waals surface area (Å²) in [5, 5.41) is 9.91. The maximum Gasteiger partial charge on any atom is 0.0643 e. The van der Waals surface area contributed by atoms with Gasteiger partial charge in [0.2, 0.25) is 0 Å². The van der Waals surface area contributed by atoms with Crippen LogP contribution in [-0.2, 0) is 4.74 Å². The first kappa shape index (κ1) is 15.1. The van der Waals surface area contributed by atoms with Crippen molar-refractivity contribution in [2.75, 3.05) is 13.2 Å². The van der Waals surface area contributed by atoms with Crippen molar-refractivity contribution in [1.82, 2.24) is 0 Å². The van der Waals surface area contributed by atoms with E-state index in [1.54, 1.807) is 0 Å². The van der Waals surface area contributed by atoms with E-state index in [4.69, 9.17) is 4.74 Å². The number of ether oxygens (including phenoxy) is 1. The molecule has 19 heavy (non-hydrogen) atoms. The van der Waals surface area contributed by atoms with Crippen LogP contribution in [0.2, 0.25) is 0 Å². The molecule has 110 valence electrons. The third-order valence-electron chi connectivity index (χ3n) is 5.74. The molecule has 2 nitrogen and oxygen atoms in total. The highest BCUT2D eigenvalue weighted by Crippen LogP contribution is 2.52. The zero-order chi connectivity index (χ0) is 14.0. The molecule has 0 aromatic heterocycles. The molecule has 5 atom stereocenters. The number of rotatable bonds is 5. The minimum absolute atomic E-state index is 0.0502. The number of fused-ring (bicyclic) bond motifs is 2. The molecule has 1 saturated heterocycles. The second-order valence-electron chi connectivity index (χ2n) is 6.75. The first-order valence-corrected chi connectivity index (χ1v) is 7.97. The van der Waals surface area contributed by atoms with Gasteiger partial charge in [-0.2, -0.15) is 0 Å². The Morgan fingerprint density at radius 1 is 1.37 bits per heavy atom. The largest absolute Gasteiger partial charge is 0.396 e. The topological polar surface area (TPSA) is 29.5 Å². The number of hydrogen-bond acceptors (Lipinski definition) is 2. The summed E-state index contributed by atoms with van der Waals surface area (Å²) in [4.78, 5) is 0. The van der Waals surface area contributed by atoms with Crippen molar-refractivity contribution in [2.24, 2.45) is 23.2 Å². The molecule has 1 fully saturated rings. The van der Waals surface area contributed by atoms with Gasteiger partial charge in [0.15, 0.2) is 0 Å². The SMILES string of the molecule is CCCCC[C@H]1OC[C@@]2(CO)[C@H](C)C=C(C)[C@@H]1[C@@H]2C. The molecule has 2 bridgehead atoms. The second-order valence-corrected chi connectivity index (χ2v) is 6.75. The molecule has 2 heteroatoms. The summed E-state index contributed by atoms with van der Waals surface area (Å²) in [7, 11) is 0. The third kappa shape index (κ3) is 2.50. The maximum absolute atomic E-state index is 9.91. The van der Waals surface area contributed by atoms with Gasteiger partial charge in [-0.15, -0.1) is 0 Å². The van der Waals surface area contributed by atoms with Crippen LogP contribution in [0, 0.1) is 23.2 Å². The Morgan fingerprint density at radius 3 is 2.74 bits per heavy atom. The Balaban J connectivity index is 2.17. The number of unbranched alkanes of at least 4 members (excludes halogenated alkanes) is 2. The molecule has 0 aromatic rings. The summed E-state index contributed by atoms with van der Waals surface area (Å²) in [6, 6.07) is 0. The molecule has 0 radical (unpaired) electrons. The molecule has 2 rings (SSSR count). The monoisotopic (exact) mass is 266 g/mol. The Bertz CT molecular complexity index is 336. The highest BCUT2D eigenvalue weighted by molar-refractivity contribution is 5.20. The van der Waals surface area contributed by atoms with Crippen LogP contribution in [0.4, 0.5) is 0 Å². The zero-order valence-corrected chi connectivity index (χ0v) is 13.0. The third-order valence-corrected chi connectivity index (χ3v) is 5.74. The van der Waals surface area contributed by atoms with Gasteiger partial charge in [0, 0.05) is 11.3 Å². The lowest BCUT2D eigenvalue weighted by Crippen LogP contribution is -2.56. The van der Waals surface area contributed by atoms with Gasteiger partial charge in [-0.25, -0.2) is 0 Å². The fourth-order valence-corrected chi connectivity index (χ4v) is 4.27. The fourth-order valence-electron chi connectivity index (χ4n) is 4.27. The van der Waals surface area contributed by atoms with Crippen molar-refractivity contribution in [3.8, 4) is 0 Å². The minimum Gasteiger partial charge on any atom is -0.396 e. The minimum atomic E-state index is -0.0502. The predicted molar refractivity (Wildman–Crippen MR) is 79.0 cm³/mol. The first-order chi connectivity index (χ1) is 9.06. The molecule has 2 aliphatic rings. The van der Waals surface area contributed by atoms with E-state index >= 15 is 0 Å². The molecule has 0 saturated carbocycles. The van der Waals surface area contributed by atoms with Crippen LogP contribution >= 0.6 is 0 Å². The molecule has 0 unspecified atom stereocenters. The van der Waals surface area contributed by atoms with E-state index in [-0.39, 0.29) is 12.0 Å². The summed E-state index contributed by atoms with van der Waals surface area (Å²) >= 11 is 0. The average molecular weight is 266 g/mol. The zero-order valence-electron chi connectivity index (χ0n) is 13.0. The van der Waals surface area contributed by atoms with Crippen molar-refractivity contribution in [3.63, 3.8) is 0 Å². The van der Waals surface area contributed by atoms with E-state index < -0.39 is 0 Å². The molecular formula is C17H30O2. The lowest BCUT2D eigenvalue weighted by atomic mass is 9.56. The summed E-state index contributed by atoms with van der Waals surface area (Å²) in [6.07, 6.45) is 7.74. The molecule has 1 heterocycles. The van der Waals surface area contributed by atoms with Crippen molar-refractivity contribution in [1.29, 1.82) is 0 Å². The number of aliphatic hydroxyl groups is 1. The lowest BCUT2D eigenvalue weighted by Gasteiger charge is -2.55. The number of allylic oxidation sites excluding steroid dienone is 1. The van der Waals surface area contributed by atoms with Crippen LogP contribution in [-0.4, -0.2) is 24.4 Å². The average Bonchev–Trinajstić information content (AvgIpc) is 2.38. The van der Waals surface area contributed by atoms with E-state index in [1.807, 2.05) is 0 Å². The maximum atomic E-state index is 9.91. The quantitative estimate of drug-likeness (QED) is 0.606. The molecular weight excluding hydrogens is 236 g/mol. The predicted octanol–water partition coefficient (Wildman–Crippen LogP) is 3.79. The van der Waals surface area contributed by atoms with E-state index in [2.05, 4.69) is 33.8 Å². The van der Waals surface area contributed by atoms with E-state index in [1.165, 1.54) is 31.3 Å². The summed E-state index contributed by atoms with van der Waals surface area (Å²) in [5.41, 5.74) is 1.43. The molecule has 0 spiro atoms. The lowest BCUT2D eigenvalue weighted by molar-refractivity contribution is -0.164. The second kappa shape index (κ2) is 5.97. The van der Waals surface area contributed by atoms with Crippen LogP contribution < -0.4 is 0 Å². The van der Waals surface area contributed by atoms with Gasteiger partial charge in [-0.05, 0) is 25.2 Å². The fraction of sp³-hybridized carbons (Fsp3) is 0.882. The van der Waals surface area contributed by atoms with Gasteiger partial charge < -0.3 is 9.84 Å². The van der Waals surface area contributed by atoms with E-state index in [0.717, 1.165) is 6.61 Å². The van der Waals surface area contributed by atoms with Gasteiger partial charge in [-0.3, -0.25) is 0 Å². The molecule has 1 aliphatic carbocycles. The molecule has 0 amide bonds. The van der Waals surface area contributed by atoms with Gasteiger partial charge in [0.05, 0.1) is 19.3 Å². The van der Waals surface area contributed by atoms with E-state index in [0.29, 0.717) is 23.9 Å². The molecule has 1 aliphatic heterocycles. The summed E-state index contributed by atoms with van der Waals surface area (Å²) in [5.74, 6) is 1.45. The Kier molecular flexibility index (Phi) is 4.73. The standard InChI is InChI=1S/C17H30O2/c1-5-6-7-8-15-16-12(2)9-13(3)17(10-18,11-19-15)14(16)4/h9,13-16,18H,5-8,10-11H2,1-4H3/t13-,14+,15-,16-,17+/m1/s1. The Hall–Kier alpha value is -0.340. The first-order valence-electron chi connectivity index (χ1n) is 7.97. The summed E-state index contributed by atoms with van der Waals surface area (Å²) < 4.78 is 6.20. The van der Waals surface area contributed by atoms with Crippen LogP contribution in [0.3, 0.4) is 0 Å². The van der Waals surface area contributed by atoms with Gasteiger partial charge >= 0.3 is 0 Å². The van der Waals surface area contributed by atoms with E-state index in [9.17, 15) is 5.11 Å². The molecule has 0 aromatic carbocycles. The van der Waals surface area contributed by atoms with Crippen LogP contribution in [0.1, 0.15) is 53.4 Å². The van der Waals surface area contributed by atoms with Crippen molar-refractivity contribution in [2.45, 2.75) is 59.5 Å². The Morgan fingerprint density at radius 2 is 2.11 bits per heavy atom. The van der Waals surface area contributed by atoms with Crippen LogP contribution in [0.15, 0.2) is 11.6 Å². The number of hydrogen-bond donors (Lipinski definition) is 1. The van der Waals surface area contributed by atoms with Crippen molar-refractivity contribution >= 4 is 0 Å². The smallest absolute Gasteiger partial charge is 0.0643 e. The summed E-state index contributed by atoms with van der Waals surface area (Å²) in [6.45, 7) is 10.0. The van der Waals surface area contributed by atoms with Gasteiger partial charge in [0.25, 0.3) is 0 Å². The highest BCUT2D eigenvalue weighted by atomic mass is 16.5. The Labute approximate surface area is 118 Å². The van der Waals surface area contributed by atoms with Crippen LogP contribution in [0.5, 0.6) is 0 Å². The van der Waals surface area contributed by atoms with Crippen LogP contribution in [0.25, 0.3) is 0 Å². The van der Waals surface area contributed by atoms with Gasteiger partial charge in [-0.1, -0.05) is 51.7 Å². The van der Waals surface area contributed by atoms with Gasteiger partial charge in [0.1, 0.15) is 0 Å². The van der Waals surface area contributed by atoms with Crippen molar-refractivity contribution in [3.05, 3.63) is 11.6 Å². The van der Waals surface area contributed by atoms with Crippen molar-refractivity contribution < 1.29 is 9.84 Å². The normalized spacial score (nSPS) is 42.1. The highest BCUT2D eigenvalue weighted by Gasteiger charge is 2.52.